The molecule has 2 aromatic rings. The summed E-state index contributed by atoms with van der Waals surface area (Å²) < 4.78 is 7.13. The molecule has 0 bridgehead atoms. The van der Waals surface area contributed by atoms with Crippen LogP contribution in [-0.4, -0.2) is 70.0 Å². The van der Waals surface area contributed by atoms with Crippen molar-refractivity contribution >= 4 is 22.6 Å². The summed E-state index contributed by atoms with van der Waals surface area (Å²) in [6.45, 7) is 9.06. The highest BCUT2D eigenvalue weighted by molar-refractivity contribution is 7.13. The molecule has 140 valence electrons. The van der Waals surface area contributed by atoms with Gasteiger partial charge in [0.25, 0.3) is 0 Å². The summed E-state index contributed by atoms with van der Waals surface area (Å²) >= 11 is 1.70. The number of hydrogen-bond acceptors (Lipinski definition) is 7. The summed E-state index contributed by atoms with van der Waals surface area (Å²) in [4.78, 5) is 22.8. The van der Waals surface area contributed by atoms with Crippen LogP contribution in [0.2, 0.25) is 0 Å². The largest absolute Gasteiger partial charge is 0.450 e. The van der Waals surface area contributed by atoms with Gasteiger partial charge >= 0.3 is 6.09 Å². The lowest BCUT2D eigenvalue weighted by Gasteiger charge is -2.34. The average molecular weight is 376 g/mol. The molecule has 4 rings (SSSR count). The zero-order valence-corrected chi connectivity index (χ0v) is 15.8. The molecule has 0 aliphatic carbocycles. The first kappa shape index (κ1) is 17.3. The van der Waals surface area contributed by atoms with E-state index in [1.165, 1.54) is 0 Å². The van der Waals surface area contributed by atoms with E-state index in [0.29, 0.717) is 19.7 Å². The molecule has 2 aromatic heterocycles. The normalized spacial score (nSPS) is 18.0. The van der Waals surface area contributed by atoms with Crippen LogP contribution in [0, 0.1) is 0 Å². The molecular weight excluding hydrogens is 352 g/mol. The molecule has 0 aromatic carbocycles. The van der Waals surface area contributed by atoms with Crippen LogP contribution in [-0.2, 0) is 24.4 Å². The zero-order valence-electron chi connectivity index (χ0n) is 15.0. The van der Waals surface area contributed by atoms with Gasteiger partial charge in [0.1, 0.15) is 0 Å². The van der Waals surface area contributed by atoms with E-state index >= 15 is 0 Å². The quantitative estimate of drug-likeness (QED) is 0.808. The van der Waals surface area contributed by atoms with Crippen molar-refractivity contribution in [3.05, 3.63) is 29.0 Å². The molecule has 0 unspecified atom stereocenters. The van der Waals surface area contributed by atoms with Crippen LogP contribution in [0.5, 0.6) is 0 Å². The predicted octanol–water partition coefficient (Wildman–Crippen LogP) is 1.63. The molecule has 9 heteroatoms. The Morgan fingerprint density at radius 2 is 2.08 bits per heavy atom. The molecule has 1 amide bonds. The molecule has 2 aliphatic heterocycles. The fourth-order valence-electron chi connectivity index (χ4n) is 3.47. The topological polar surface area (TPSA) is 66.7 Å². The van der Waals surface area contributed by atoms with Gasteiger partial charge in [-0.05, 0) is 13.0 Å². The molecule has 0 spiro atoms. The van der Waals surface area contributed by atoms with E-state index in [1.54, 1.807) is 16.2 Å². The van der Waals surface area contributed by atoms with E-state index in [2.05, 4.69) is 20.9 Å². The first-order chi connectivity index (χ1) is 12.7. The van der Waals surface area contributed by atoms with Gasteiger partial charge in [-0.3, -0.25) is 9.58 Å². The third-order valence-electron chi connectivity index (χ3n) is 4.82. The van der Waals surface area contributed by atoms with Crippen molar-refractivity contribution in [3.8, 4) is 0 Å². The van der Waals surface area contributed by atoms with Crippen molar-refractivity contribution < 1.29 is 9.53 Å². The number of amides is 1. The fourth-order valence-corrected chi connectivity index (χ4v) is 4.17. The SMILES string of the molecule is CCOC(=O)N1CCn2nc(CN3CCN(c4nccs4)CC3)cc2C1. The highest BCUT2D eigenvalue weighted by Gasteiger charge is 2.24. The number of carbonyl (C=O) groups excluding carboxylic acids is 1. The highest BCUT2D eigenvalue weighted by atomic mass is 32.1. The van der Waals surface area contributed by atoms with Gasteiger partial charge in [0.2, 0.25) is 0 Å². The summed E-state index contributed by atoms with van der Waals surface area (Å²) in [6.07, 6.45) is 1.63. The zero-order chi connectivity index (χ0) is 17.9. The minimum atomic E-state index is -0.236. The van der Waals surface area contributed by atoms with E-state index in [-0.39, 0.29) is 6.09 Å². The number of aromatic nitrogens is 3. The molecule has 0 radical (unpaired) electrons. The maximum Gasteiger partial charge on any atom is 0.410 e. The summed E-state index contributed by atoms with van der Waals surface area (Å²) in [5.74, 6) is 0. The van der Waals surface area contributed by atoms with Crippen molar-refractivity contribution in [1.29, 1.82) is 0 Å². The van der Waals surface area contributed by atoms with E-state index in [0.717, 1.165) is 55.8 Å². The number of piperazine rings is 1. The Morgan fingerprint density at radius 1 is 1.23 bits per heavy atom. The number of hydrogen-bond donors (Lipinski definition) is 0. The minimum absolute atomic E-state index is 0.236. The smallest absolute Gasteiger partial charge is 0.410 e. The number of thiazole rings is 1. The van der Waals surface area contributed by atoms with Gasteiger partial charge in [-0.25, -0.2) is 9.78 Å². The predicted molar refractivity (Wildman–Crippen MR) is 99.3 cm³/mol. The Kier molecular flexibility index (Phi) is 5.07. The number of nitrogens with zero attached hydrogens (tertiary/aromatic N) is 6. The number of fused-ring (bicyclic) bond motifs is 1. The molecule has 8 nitrogen and oxygen atoms in total. The summed E-state index contributed by atoms with van der Waals surface area (Å²) in [7, 11) is 0. The van der Waals surface area contributed by atoms with Gasteiger partial charge in [-0.15, -0.1) is 11.3 Å². The molecule has 26 heavy (non-hydrogen) atoms. The van der Waals surface area contributed by atoms with Crippen LogP contribution in [0.25, 0.3) is 0 Å². The molecule has 2 aliphatic rings. The molecule has 1 fully saturated rings. The Hall–Kier alpha value is -2.13. The first-order valence-corrected chi connectivity index (χ1v) is 9.95. The van der Waals surface area contributed by atoms with E-state index < -0.39 is 0 Å². The van der Waals surface area contributed by atoms with Crippen LogP contribution < -0.4 is 4.90 Å². The van der Waals surface area contributed by atoms with Crippen molar-refractivity contribution in [2.75, 3.05) is 44.2 Å². The maximum absolute atomic E-state index is 11.9. The lowest BCUT2D eigenvalue weighted by atomic mass is 10.2. The van der Waals surface area contributed by atoms with Crippen molar-refractivity contribution in [1.82, 2.24) is 24.6 Å². The molecule has 1 saturated heterocycles. The Balaban J connectivity index is 1.32. The molecular formula is C17H24N6O2S. The standard InChI is InChI=1S/C17H24N6O2S/c1-2-25-17(24)22-8-9-23-15(13-22)11-14(19-23)12-20-4-6-21(7-5-20)16-18-3-10-26-16/h3,10-11H,2,4-9,12-13H2,1H3. The van der Waals surface area contributed by atoms with Gasteiger partial charge < -0.3 is 14.5 Å². The van der Waals surface area contributed by atoms with Gasteiger partial charge in [-0.1, -0.05) is 0 Å². The van der Waals surface area contributed by atoms with Gasteiger partial charge in [0, 0.05) is 50.8 Å². The van der Waals surface area contributed by atoms with E-state index in [9.17, 15) is 4.79 Å². The van der Waals surface area contributed by atoms with Gasteiger partial charge in [-0.2, -0.15) is 5.10 Å². The molecule has 0 N–H and O–H groups in total. The van der Waals surface area contributed by atoms with Gasteiger partial charge in [0.15, 0.2) is 5.13 Å². The highest BCUT2D eigenvalue weighted by Crippen LogP contribution is 2.20. The second-order valence-electron chi connectivity index (χ2n) is 6.55. The second-order valence-corrected chi connectivity index (χ2v) is 7.42. The number of carbonyl (C=O) groups is 1. The first-order valence-electron chi connectivity index (χ1n) is 9.07. The minimum Gasteiger partial charge on any atom is -0.450 e. The van der Waals surface area contributed by atoms with Crippen LogP contribution in [0.1, 0.15) is 18.3 Å². The lowest BCUT2D eigenvalue weighted by molar-refractivity contribution is 0.0958. The Bertz CT molecular complexity index is 739. The summed E-state index contributed by atoms with van der Waals surface area (Å²) in [5.41, 5.74) is 2.16. The van der Waals surface area contributed by atoms with E-state index in [1.807, 2.05) is 23.2 Å². The number of rotatable bonds is 4. The molecule has 4 heterocycles. The average Bonchev–Trinajstić information content (AvgIpc) is 3.31. The third kappa shape index (κ3) is 3.68. The lowest BCUT2D eigenvalue weighted by Crippen LogP contribution is -2.46. The third-order valence-corrected chi connectivity index (χ3v) is 5.65. The van der Waals surface area contributed by atoms with Crippen molar-refractivity contribution in [2.24, 2.45) is 0 Å². The number of ether oxygens (including phenoxy) is 1. The van der Waals surface area contributed by atoms with Gasteiger partial charge in [0.05, 0.1) is 31.1 Å². The van der Waals surface area contributed by atoms with Crippen LogP contribution in [0.3, 0.4) is 0 Å². The molecule has 0 atom stereocenters. The Morgan fingerprint density at radius 3 is 2.81 bits per heavy atom. The van der Waals surface area contributed by atoms with Crippen LogP contribution in [0.15, 0.2) is 17.6 Å². The summed E-state index contributed by atoms with van der Waals surface area (Å²) in [5, 5.41) is 7.86. The fraction of sp³-hybridized carbons (Fsp3) is 0.588. The molecule has 0 saturated carbocycles. The van der Waals surface area contributed by atoms with E-state index in [4.69, 9.17) is 9.84 Å². The van der Waals surface area contributed by atoms with Crippen molar-refractivity contribution in [2.45, 2.75) is 26.6 Å². The second kappa shape index (κ2) is 7.63. The Labute approximate surface area is 157 Å². The van der Waals surface area contributed by atoms with Crippen LogP contribution >= 0.6 is 11.3 Å². The number of anilines is 1. The maximum atomic E-state index is 11.9. The summed E-state index contributed by atoms with van der Waals surface area (Å²) in [6, 6.07) is 2.12. The van der Waals surface area contributed by atoms with Crippen molar-refractivity contribution in [3.63, 3.8) is 0 Å². The monoisotopic (exact) mass is 376 g/mol. The van der Waals surface area contributed by atoms with Crippen LogP contribution in [0.4, 0.5) is 9.93 Å².